The fourth-order valence-electron chi connectivity index (χ4n) is 2.58. The molecule has 2 rings (SSSR count). The van der Waals surface area contributed by atoms with E-state index in [2.05, 4.69) is 36.2 Å². The molecule has 3 nitrogen and oxygen atoms in total. The Bertz CT molecular complexity index is 361. The maximum atomic E-state index is 5.20. The van der Waals surface area contributed by atoms with Crippen molar-refractivity contribution in [3.05, 3.63) is 24.3 Å². The van der Waals surface area contributed by atoms with E-state index in [0.717, 1.165) is 31.3 Å². The minimum absolute atomic E-state index is 0.612. The molecular formula is C15H24N2O. The van der Waals surface area contributed by atoms with Crippen LogP contribution in [0.2, 0.25) is 0 Å². The highest BCUT2D eigenvalue weighted by atomic mass is 16.5. The summed E-state index contributed by atoms with van der Waals surface area (Å²) in [7, 11) is 1.71. The molecule has 3 heteroatoms. The monoisotopic (exact) mass is 248 g/mol. The first-order chi connectivity index (χ1) is 8.69. The van der Waals surface area contributed by atoms with Gasteiger partial charge in [-0.1, -0.05) is 13.8 Å². The lowest BCUT2D eigenvalue weighted by atomic mass is 10.0. The number of nitrogens with zero attached hydrogens (tertiary/aromatic N) is 1. The summed E-state index contributed by atoms with van der Waals surface area (Å²) in [4.78, 5) is 2.46. The Labute approximate surface area is 110 Å². The van der Waals surface area contributed by atoms with E-state index >= 15 is 0 Å². The van der Waals surface area contributed by atoms with Crippen LogP contribution < -0.4 is 15.0 Å². The highest BCUT2D eigenvalue weighted by molar-refractivity contribution is 5.49. The molecule has 0 bridgehead atoms. The molecule has 1 atom stereocenters. The molecule has 0 aromatic heterocycles. The van der Waals surface area contributed by atoms with Crippen LogP contribution in [0.25, 0.3) is 0 Å². The van der Waals surface area contributed by atoms with E-state index in [9.17, 15) is 0 Å². The van der Waals surface area contributed by atoms with Crippen molar-refractivity contribution in [3.63, 3.8) is 0 Å². The summed E-state index contributed by atoms with van der Waals surface area (Å²) < 4.78 is 5.20. The van der Waals surface area contributed by atoms with Gasteiger partial charge in [-0.25, -0.2) is 0 Å². The fourth-order valence-corrected chi connectivity index (χ4v) is 2.58. The van der Waals surface area contributed by atoms with Crippen LogP contribution in [0.15, 0.2) is 24.3 Å². The molecule has 0 saturated carbocycles. The predicted molar refractivity (Wildman–Crippen MR) is 76.5 cm³/mol. The predicted octanol–water partition coefficient (Wildman–Crippen LogP) is 2.52. The zero-order chi connectivity index (χ0) is 13.0. The Morgan fingerprint density at radius 2 is 2.06 bits per heavy atom. The minimum Gasteiger partial charge on any atom is -0.497 e. The lowest BCUT2D eigenvalue weighted by molar-refractivity contribution is 0.388. The topological polar surface area (TPSA) is 24.5 Å². The minimum atomic E-state index is 0.612. The number of hydrogen-bond acceptors (Lipinski definition) is 3. The Morgan fingerprint density at radius 1 is 1.33 bits per heavy atom. The van der Waals surface area contributed by atoms with Crippen molar-refractivity contribution in [1.82, 2.24) is 5.32 Å². The van der Waals surface area contributed by atoms with Crippen LogP contribution in [0.5, 0.6) is 5.75 Å². The smallest absolute Gasteiger partial charge is 0.119 e. The third-order valence-corrected chi connectivity index (χ3v) is 3.45. The molecule has 1 saturated heterocycles. The molecule has 1 unspecified atom stereocenters. The molecular weight excluding hydrogens is 224 g/mol. The molecule has 18 heavy (non-hydrogen) atoms. The number of anilines is 1. The first-order valence-corrected chi connectivity index (χ1v) is 6.81. The van der Waals surface area contributed by atoms with Gasteiger partial charge in [-0.3, -0.25) is 0 Å². The normalized spacial score (nSPS) is 20.2. The number of hydrogen-bond donors (Lipinski definition) is 1. The van der Waals surface area contributed by atoms with Gasteiger partial charge in [-0.15, -0.1) is 0 Å². The average molecular weight is 248 g/mol. The van der Waals surface area contributed by atoms with Gasteiger partial charge in [-0.05, 0) is 36.6 Å². The third kappa shape index (κ3) is 3.39. The molecule has 1 heterocycles. The SMILES string of the molecule is COc1ccc(N2CCNC(CC(C)C)C2)cc1. The highest BCUT2D eigenvalue weighted by Crippen LogP contribution is 2.21. The van der Waals surface area contributed by atoms with Gasteiger partial charge < -0.3 is 15.0 Å². The summed E-state index contributed by atoms with van der Waals surface area (Å²) in [6.45, 7) is 7.83. The maximum Gasteiger partial charge on any atom is 0.119 e. The summed E-state index contributed by atoms with van der Waals surface area (Å²) in [5.74, 6) is 1.67. The first kappa shape index (κ1) is 13.2. The van der Waals surface area contributed by atoms with Crippen LogP contribution in [0.3, 0.4) is 0 Å². The molecule has 100 valence electrons. The number of rotatable bonds is 4. The van der Waals surface area contributed by atoms with Crippen molar-refractivity contribution in [2.24, 2.45) is 5.92 Å². The second-order valence-electron chi connectivity index (χ2n) is 5.42. The number of nitrogens with one attached hydrogen (secondary N) is 1. The Kier molecular flexibility index (Phi) is 4.48. The number of ether oxygens (including phenoxy) is 1. The molecule has 0 amide bonds. The first-order valence-electron chi connectivity index (χ1n) is 6.81. The van der Waals surface area contributed by atoms with Gasteiger partial charge in [0.15, 0.2) is 0 Å². The molecule has 1 N–H and O–H groups in total. The van der Waals surface area contributed by atoms with Crippen molar-refractivity contribution >= 4 is 5.69 Å². The van der Waals surface area contributed by atoms with Crippen LogP contribution in [0.4, 0.5) is 5.69 Å². The summed E-state index contributed by atoms with van der Waals surface area (Å²) in [6.07, 6.45) is 1.24. The summed E-state index contributed by atoms with van der Waals surface area (Å²) >= 11 is 0. The van der Waals surface area contributed by atoms with Crippen molar-refractivity contribution in [3.8, 4) is 5.75 Å². The van der Waals surface area contributed by atoms with E-state index in [1.54, 1.807) is 7.11 Å². The zero-order valence-electron chi connectivity index (χ0n) is 11.6. The van der Waals surface area contributed by atoms with Crippen LogP contribution >= 0.6 is 0 Å². The summed E-state index contributed by atoms with van der Waals surface area (Å²) in [5, 5.41) is 3.61. The lowest BCUT2D eigenvalue weighted by Crippen LogP contribution is -2.51. The number of piperazine rings is 1. The Balaban J connectivity index is 1.98. The van der Waals surface area contributed by atoms with Crippen molar-refractivity contribution in [2.75, 3.05) is 31.6 Å². The van der Waals surface area contributed by atoms with Crippen LogP contribution in [-0.4, -0.2) is 32.8 Å². The van der Waals surface area contributed by atoms with E-state index in [1.807, 2.05) is 12.1 Å². The van der Waals surface area contributed by atoms with E-state index in [-0.39, 0.29) is 0 Å². The van der Waals surface area contributed by atoms with Crippen molar-refractivity contribution in [1.29, 1.82) is 0 Å². The second-order valence-corrected chi connectivity index (χ2v) is 5.42. The number of methoxy groups -OCH3 is 1. The van der Waals surface area contributed by atoms with Crippen molar-refractivity contribution in [2.45, 2.75) is 26.3 Å². The number of benzene rings is 1. The van der Waals surface area contributed by atoms with Crippen LogP contribution in [0.1, 0.15) is 20.3 Å². The van der Waals surface area contributed by atoms with Gasteiger partial charge in [0.2, 0.25) is 0 Å². The third-order valence-electron chi connectivity index (χ3n) is 3.45. The van der Waals surface area contributed by atoms with Gasteiger partial charge in [0, 0.05) is 31.4 Å². The Hall–Kier alpha value is -1.22. The zero-order valence-corrected chi connectivity index (χ0v) is 11.6. The quantitative estimate of drug-likeness (QED) is 0.886. The van der Waals surface area contributed by atoms with Gasteiger partial charge in [0.05, 0.1) is 7.11 Å². The standard InChI is InChI=1S/C15H24N2O/c1-12(2)10-13-11-17(9-8-16-13)14-4-6-15(18-3)7-5-14/h4-7,12-13,16H,8-11H2,1-3H3. The molecule has 1 aromatic rings. The Morgan fingerprint density at radius 3 is 2.67 bits per heavy atom. The molecule has 1 aliphatic heterocycles. The van der Waals surface area contributed by atoms with Gasteiger partial charge in [-0.2, -0.15) is 0 Å². The highest BCUT2D eigenvalue weighted by Gasteiger charge is 2.20. The van der Waals surface area contributed by atoms with Crippen LogP contribution in [-0.2, 0) is 0 Å². The van der Waals surface area contributed by atoms with Gasteiger partial charge in [0.1, 0.15) is 5.75 Å². The lowest BCUT2D eigenvalue weighted by Gasteiger charge is -2.36. The van der Waals surface area contributed by atoms with E-state index in [1.165, 1.54) is 12.1 Å². The van der Waals surface area contributed by atoms with Gasteiger partial charge >= 0.3 is 0 Å². The molecule has 0 aliphatic carbocycles. The largest absolute Gasteiger partial charge is 0.497 e. The summed E-state index contributed by atoms with van der Waals surface area (Å²) in [6, 6.07) is 8.98. The molecule has 0 spiro atoms. The van der Waals surface area contributed by atoms with E-state index in [0.29, 0.717) is 6.04 Å². The maximum absolute atomic E-state index is 5.20. The van der Waals surface area contributed by atoms with E-state index in [4.69, 9.17) is 4.74 Å². The van der Waals surface area contributed by atoms with Crippen LogP contribution in [0, 0.1) is 5.92 Å². The van der Waals surface area contributed by atoms with Crippen molar-refractivity contribution < 1.29 is 4.74 Å². The summed E-state index contributed by atoms with van der Waals surface area (Å²) in [5.41, 5.74) is 1.30. The molecule has 1 fully saturated rings. The second kappa shape index (κ2) is 6.10. The van der Waals surface area contributed by atoms with E-state index < -0.39 is 0 Å². The fraction of sp³-hybridized carbons (Fsp3) is 0.600. The molecule has 1 aliphatic rings. The molecule has 0 radical (unpaired) electrons. The molecule has 1 aromatic carbocycles. The van der Waals surface area contributed by atoms with Gasteiger partial charge in [0.25, 0.3) is 0 Å². The average Bonchev–Trinajstić information content (AvgIpc) is 2.38.